The van der Waals surface area contributed by atoms with Gasteiger partial charge in [0.1, 0.15) is 0 Å². The molecule has 0 bridgehead atoms. The summed E-state index contributed by atoms with van der Waals surface area (Å²) in [7, 11) is 0. The van der Waals surface area contributed by atoms with E-state index in [9.17, 15) is 0 Å². The third-order valence-electron chi connectivity index (χ3n) is 3.07. The van der Waals surface area contributed by atoms with Crippen LogP contribution in [0.1, 0.15) is 33.6 Å². The lowest BCUT2D eigenvalue weighted by atomic mass is 9.85. The second kappa shape index (κ2) is 5.28. The SMILES string of the molecule is CC(C)(CCCO)CNCC1(C)COC1. The molecule has 15 heavy (non-hydrogen) atoms. The molecule has 3 nitrogen and oxygen atoms in total. The molecule has 0 saturated carbocycles. The average molecular weight is 215 g/mol. The number of aliphatic hydroxyl groups is 1. The van der Waals surface area contributed by atoms with Gasteiger partial charge >= 0.3 is 0 Å². The van der Waals surface area contributed by atoms with Gasteiger partial charge in [0.2, 0.25) is 0 Å². The van der Waals surface area contributed by atoms with E-state index in [1.54, 1.807) is 0 Å². The van der Waals surface area contributed by atoms with Crippen LogP contribution in [-0.2, 0) is 4.74 Å². The molecule has 0 aromatic heterocycles. The highest BCUT2D eigenvalue weighted by atomic mass is 16.5. The quantitative estimate of drug-likeness (QED) is 0.675. The van der Waals surface area contributed by atoms with E-state index in [1.807, 2.05) is 0 Å². The van der Waals surface area contributed by atoms with E-state index < -0.39 is 0 Å². The van der Waals surface area contributed by atoms with Crippen LogP contribution < -0.4 is 5.32 Å². The fraction of sp³-hybridized carbons (Fsp3) is 1.00. The van der Waals surface area contributed by atoms with Gasteiger partial charge in [0.15, 0.2) is 0 Å². The molecule has 0 unspecified atom stereocenters. The molecule has 90 valence electrons. The van der Waals surface area contributed by atoms with Gasteiger partial charge in [-0.25, -0.2) is 0 Å². The van der Waals surface area contributed by atoms with Crippen LogP contribution in [0.4, 0.5) is 0 Å². The van der Waals surface area contributed by atoms with E-state index in [2.05, 4.69) is 26.1 Å². The maximum atomic E-state index is 8.79. The molecule has 0 aliphatic carbocycles. The number of ether oxygens (including phenoxy) is 1. The second-order valence-corrected chi connectivity index (χ2v) is 5.90. The van der Waals surface area contributed by atoms with Crippen LogP contribution in [0.15, 0.2) is 0 Å². The first-order valence-corrected chi connectivity index (χ1v) is 5.87. The van der Waals surface area contributed by atoms with E-state index >= 15 is 0 Å². The van der Waals surface area contributed by atoms with Gasteiger partial charge in [-0.05, 0) is 18.3 Å². The standard InChI is InChI=1S/C12H25NO2/c1-11(2,5-4-6-14)7-13-8-12(3)9-15-10-12/h13-14H,4-10H2,1-3H3. The predicted molar refractivity (Wildman–Crippen MR) is 61.9 cm³/mol. The largest absolute Gasteiger partial charge is 0.396 e. The smallest absolute Gasteiger partial charge is 0.0554 e. The lowest BCUT2D eigenvalue weighted by Crippen LogP contribution is -2.48. The van der Waals surface area contributed by atoms with Crippen molar-refractivity contribution < 1.29 is 9.84 Å². The van der Waals surface area contributed by atoms with Gasteiger partial charge in [-0.3, -0.25) is 0 Å². The van der Waals surface area contributed by atoms with Crippen molar-refractivity contribution in [3.63, 3.8) is 0 Å². The molecule has 1 saturated heterocycles. The van der Waals surface area contributed by atoms with Crippen molar-refractivity contribution in [1.82, 2.24) is 5.32 Å². The summed E-state index contributed by atoms with van der Waals surface area (Å²) in [6.45, 7) is 10.9. The van der Waals surface area contributed by atoms with Crippen LogP contribution >= 0.6 is 0 Å². The number of aliphatic hydroxyl groups excluding tert-OH is 1. The second-order valence-electron chi connectivity index (χ2n) is 5.90. The van der Waals surface area contributed by atoms with Gasteiger partial charge in [0, 0.05) is 25.1 Å². The van der Waals surface area contributed by atoms with Gasteiger partial charge in [-0.15, -0.1) is 0 Å². The molecule has 0 spiro atoms. The lowest BCUT2D eigenvalue weighted by Gasteiger charge is -2.39. The number of rotatable bonds is 7. The highest BCUT2D eigenvalue weighted by molar-refractivity contribution is 4.84. The van der Waals surface area contributed by atoms with E-state index in [-0.39, 0.29) is 5.41 Å². The summed E-state index contributed by atoms with van der Waals surface area (Å²) in [5, 5.41) is 12.3. The summed E-state index contributed by atoms with van der Waals surface area (Å²) < 4.78 is 5.21. The Labute approximate surface area is 93.2 Å². The normalized spacial score (nSPS) is 20.0. The van der Waals surface area contributed by atoms with E-state index in [1.165, 1.54) is 0 Å². The molecule has 0 atom stereocenters. The molecular weight excluding hydrogens is 190 g/mol. The van der Waals surface area contributed by atoms with Crippen LogP contribution in [-0.4, -0.2) is 38.0 Å². The van der Waals surface area contributed by atoms with Gasteiger partial charge in [0.05, 0.1) is 13.2 Å². The summed E-state index contributed by atoms with van der Waals surface area (Å²) in [6.07, 6.45) is 1.97. The third kappa shape index (κ3) is 4.49. The monoisotopic (exact) mass is 215 g/mol. The zero-order valence-electron chi connectivity index (χ0n) is 10.3. The Morgan fingerprint density at radius 1 is 1.40 bits per heavy atom. The van der Waals surface area contributed by atoms with Crippen LogP contribution in [0.2, 0.25) is 0 Å². The third-order valence-corrected chi connectivity index (χ3v) is 3.07. The van der Waals surface area contributed by atoms with Crippen molar-refractivity contribution >= 4 is 0 Å². The zero-order valence-corrected chi connectivity index (χ0v) is 10.3. The summed E-state index contributed by atoms with van der Waals surface area (Å²) in [5.41, 5.74) is 0.636. The molecular formula is C12H25NO2. The first-order valence-electron chi connectivity index (χ1n) is 5.87. The lowest BCUT2D eigenvalue weighted by molar-refractivity contribution is -0.0996. The molecule has 1 heterocycles. The molecule has 1 aliphatic heterocycles. The van der Waals surface area contributed by atoms with Gasteiger partial charge in [-0.1, -0.05) is 20.8 Å². The average Bonchev–Trinajstić information content (AvgIpc) is 2.12. The fourth-order valence-corrected chi connectivity index (χ4v) is 1.90. The first-order chi connectivity index (χ1) is 6.97. The van der Waals surface area contributed by atoms with Gasteiger partial charge < -0.3 is 15.2 Å². The van der Waals surface area contributed by atoms with Crippen LogP contribution in [0.3, 0.4) is 0 Å². The van der Waals surface area contributed by atoms with E-state index in [0.717, 1.165) is 39.1 Å². The van der Waals surface area contributed by atoms with Crippen LogP contribution in [0, 0.1) is 10.8 Å². The summed E-state index contributed by atoms with van der Waals surface area (Å²) >= 11 is 0. The molecule has 2 N–H and O–H groups in total. The van der Waals surface area contributed by atoms with Gasteiger partial charge in [-0.2, -0.15) is 0 Å². The van der Waals surface area contributed by atoms with Crippen molar-refractivity contribution in [3.8, 4) is 0 Å². The molecule has 0 aromatic rings. The number of hydrogen-bond acceptors (Lipinski definition) is 3. The Kier molecular flexibility index (Phi) is 4.56. The minimum absolute atomic E-state index is 0.281. The first kappa shape index (κ1) is 12.9. The summed E-state index contributed by atoms with van der Waals surface area (Å²) in [4.78, 5) is 0. The zero-order chi connectivity index (χ0) is 11.4. The van der Waals surface area contributed by atoms with Crippen molar-refractivity contribution in [2.75, 3.05) is 32.9 Å². The molecule has 1 rings (SSSR count). The maximum absolute atomic E-state index is 8.79. The van der Waals surface area contributed by atoms with Crippen LogP contribution in [0.5, 0.6) is 0 Å². The molecule has 3 heteroatoms. The Hall–Kier alpha value is -0.120. The molecule has 0 radical (unpaired) electrons. The van der Waals surface area contributed by atoms with Crippen molar-refractivity contribution in [1.29, 1.82) is 0 Å². The number of hydrogen-bond donors (Lipinski definition) is 2. The Balaban J connectivity index is 2.12. The predicted octanol–water partition coefficient (Wildman–Crippen LogP) is 1.41. The Morgan fingerprint density at radius 2 is 2.07 bits per heavy atom. The highest BCUT2D eigenvalue weighted by Crippen LogP contribution is 2.26. The molecule has 1 fully saturated rings. The highest BCUT2D eigenvalue weighted by Gasteiger charge is 2.33. The number of nitrogens with one attached hydrogen (secondary N) is 1. The summed E-state index contributed by atoms with van der Waals surface area (Å²) in [6, 6.07) is 0. The van der Waals surface area contributed by atoms with E-state index in [0.29, 0.717) is 12.0 Å². The van der Waals surface area contributed by atoms with E-state index in [4.69, 9.17) is 9.84 Å². The maximum Gasteiger partial charge on any atom is 0.0554 e. The van der Waals surface area contributed by atoms with Crippen LogP contribution in [0.25, 0.3) is 0 Å². The van der Waals surface area contributed by atoms with Gasteiger partial charge in [0.25, 0.3) is 0 Å². The molecule has 0 aromatic carbocycles. The minimum Gasteiger partial charge on any atom is -0.396 e. The van der Waals surface area contributed by atoms with Crippen molar-refractivity contribution in [2.24, 2.45) is 10.8 Å². The summed E-state index contributed by atoms with van der Waals surface area (Å²) in [5.74, 6) is 0. The molecule has 1 aliphatic rings. The molecule has 0 amide bonds. The fourth-order valence-electron chi connectivity index (χ4n) is 1.90. The minimum atomic E-state index is 0.281. The van der Waals surface area contributed by atoms with Crippen molar-refractivity contribution in [3.05, 3.63) is 0 Å². The topological polar surface area (TPSA) is 41.5 Å². The Bertz CT molecular complexity index is 188. The van der Waals surface area contributed by atoms with Crippen molar-refractivity contribution in [2.45, 2.75) is 33.6 Å². The Morgan fingerprint density at radius 3 is 2.53 bits per heavy atom.